The highest BCUT2D eigenvalue weighted by atomic mass is 16.4. The van der Waals surface area contributed by atoms with E-state index in [1.165, 1.54) is 0 Å². The Hall–Kier alpha value is -1.59. The van der Waals surface area contributed by atoms with Gasteiger partial charge < -0.3 is 14.2 Å². The molecule has 0 unspecified atom stereocenters. The number of aryl methyl sites for hydroxylation is 1. The van der Waals surface area contributed by atoms with Gasteiger partial charge in [-0.3, -0.25) is 4.79 Å². The van der Waals surface area contributed by atoms with Gasteiger partial charge in [0, 0.05) is 33.1 Å². The lowest BCUT2D eigenvalue weighted by molar-refractivity contribution is -0.143. The maximum absolute atomic E-state index is 12.5. The monoisotopic (exact) mass is 278 g/mol. The topological polar surface area (TPSA) is 62.5 Å². The number of aromatic nitrogens is 2. The molecule has 20 heavy (non-hydrogen) atoms. The van der Waals surface area contributed by atoms with Crippen LogP contribution in [0.1, 0.15) is 38.5 Å². The van der Waals surface area contributed by atoms with Gasteiger partial charge >= 0.3 is 6.01 Å². The highest BCUT2D eigenvalue weighted by molar-refractivity contribution is 5.84. The summed E-state index contributed by atoms with van der Waals surface area (Å²) in [6, 6.07) is 0.575. The number of anilines is 1. The van der Waals surface area contributed by atoms with Crippen molar-refractivity contribution in [3.63, 3.8) is 0 Å². The predicted molar refractivity (Wildman–Crippen MR) is 74.4 cm³/mol. The Labute approximate surface area is 119 Å². The molecule has 0 radical (unpaired) electrons. The zero-order chi connectivity index (χ0) is 14.2. The van der Waals surface area contributed by atoms with Crippen LogP contribution in [0.15, 0.2) is 4.42 Å². The molecule has 6 heteroatoms. The molecule has 3 heterocycles. The van der Waals surface area contributed by atoms with Crippen LogP contribution in [0.3, 0.4) is 0 Å². The van der Waals surface area contributed by atoms with E-state index in [2.05, 4.69) is 22.0 Å². The molecule has 2 fully saturated rings. The summed E-state index contributed by atoms with van der Waals surface area (Å²) in [5.74, 6) is 0.968. The molecule has 0 aliphatic carbocycles. The number of nitrogens with zero attached hydrogens (tertiary/aromatic N) is 4. The van der Waals surface area contributed by atoms with Gasteiger partial charge in [-0.05, 0) is 25.7 Å². The van der Waals surface area contributed by atoms with Crippen molar-refractivity contribution in [2.45, 2.75) is 39.0 Å². The smallest absolute Gasteiger partial charge is 0.318 e. The van der Waals surface area contributed by atoms with Crippen LogP contribution in [0.5, 0.6) is 0 Å². The van der Waals surface area contributed by atoms with Gasteiger partial charge in [-0.2, -0.15) is 0 Å². The third-order valence-corrected chi connectivity index (χ3v) is 4.49. The summed E-state index contributed by atoms with van der Waals surface area (Å²) in [6.07, 6.45) is 4.76. The van der Waals surface area contributed by atoms with Crippen LogP contribution < -0.4 is 4.90 Å². The van der Waals surface area contributed by atoms with Crippen molar-refractivity contribution < 1.29 is 9.21 Å². The fraction of sp³-hybridized carbons (Fsp3) is 0.786. The number of carbonyl (C=O) groups excluding carboxylic acids is 1. The molecule has 0 N–H and O–H groups in total. The second kappa shape index (κ2) is 5.07. The quantitative estimate of drug-likeness (QED) is 0.838. The Kier molecular flexibility index (Phi) is 3.40. The predicted octanol–water partition coefficient (Wildman–Crippen LogP) is 1.47. The molecular weight excluding hydrogens is 256 g/mol. The summed E-state index contributed by atoms with van der Waals surface area (Å²) in [5, 5.41) is 8.19. The first kappa shape index (κ1) is 13.4. The van der Waals surface area contributed by atoms with E-state index in [1.807, 2.05) is 11.9 Å². The Bertz CT molecular complexity index is 501. The number of rotatable bonds is 3. The number of hydrogen-bond acceptors (Lipinski definition) is 5. The van der Waals surface area contributed by atoms with Crippen LogP contribution in [-0.2, 0) is 11.2 Å². The second-order valence-electron chi connectivity index (χ2n) is 6.01. The minimum Gasteiger partial charge on any atom is -0.408 e. The van der Waals surface area contributed by atoms with E-state index in [0.29, 0.717) is 18.5 Å². The Morgan fingerprint density at radius 3 is 2.95 bits per heavy atom. The number of likely N-dealkylation sites (tertiary alicyclic amines) is 1. The summed E-state index contributed by atoms with van der Waals surface area (Å²) in [4.78, 5) is 16.4. The highest BCUT2D eigenvalue weighted by Crippen LogP contribution is 2.40. The maximum atomic E-state index is 12.5. The highest BCUT2D eigenvalue weighted by Gasteiger charge is 2.48. The molecule has 1 atom stereocenters. The zero-order valence-corrected chi connectivity index (χ0v) is 12.3. The van der Waals surface area contributed by atoms with Gasteiger partial charge in [0.2, 0.25) is 11.8 Å². The molecule has 2 aliphatic rings. The number of piperidine rings is 1. The van der Waals surface area contributed by atoms with Crippen LogP contribution in [0.2, 0.25) is 0 Å². The number of carbonyl (C=O) groups is 1. The molecule has 1 spiro atoms. The molecule has 110 valence electrons. The van der Waals surface area contributed by atoms with E-state index in [9.17, 15) is 4.79 Å². The third-order valence-electron chi connectivity index (χ3n) is 4.49. The first-order valence-electron chi connectivity index (χ1n) is 7.47. The summed E-state index contributed by atoms with van der Waals surface area (Å²) >= 11 is 0. The second-order valence-corrected chi connectivity index (χ2v) is 6.01. The van der Waals surface area contributed by atoms with E-state index in [4.69, 9.17) is 4.42 Å². The van der Waals surface area contributed by atoms with Crippen molar-refractivity contribution in [2.75, 3.05) is 31.6 Å². The first-order valence-corrected chi connectivity index (χ1v) is 7.47. The van der Waals surface area contributed by atoms with Crippen molar-refractivity contribution in [3.05, 3.63) is 5.89 Å². The van der Waals surface area contributed by atoms with Gasteiger partial charge in [-0.15, -0.1) is 5.10 Å². The Balaban J connectivity index is 1.73. The van der Waals surface area contributed by atoms with E-state index in [1.54, 1.807) is 0 Å². The largest absolute Gasteiger partial charge is 0.408 e. The molecule has 2 saturated heterocycles. The summed E-state index contributed by atoms with van der Waals surface area (Å²) in [5.41, 5.74) is -0.230. The van der Waals surface area contributed by atoms with Crippen LogP contribution in [0.25, 0.3) is 0 Å². The normalized spacial score (nSPS) is 26.8. The van der Waals surface area contributed by atoms with Crippen molar-refractivity contribution in [3.8, 4) is 0 Å². The maximum Gasteiger partial charge on any atom is 0.318 e. The fourth-order valence-corrected chi connectivity index (χ4v) is 3.37. The molecule has 0 saturated carbocycles. The molecule has 1 aromatic rings. The lowest BCUT2D eigenvalue weighted by Gasteiger charge is -2.37. The molecule has 3 rings (SSSR count). The standard InChI is InChI=1S/C14H22N4O2/c1-3-5-11-15-16-13(20-11)18-9-7-14(10-18)6-4-8-17(2)12(14)19/h3-10H2,1-2H3/t14-/m1/s1. The van der Waals surface area contributed by atoms with E-state index in [-0.39, 0.29) is 11.3 Å². The van der Waals surface area contributed by atoms with Crippen molar-refractivity contribution in [1.29, 1.82) is 0 Å². The van der Waals surface area contributed by atoms with Crippen molar-refractivity contribution >= 4 is 11.9 Å². The van der Waals surface area contributed by atoms with Gasteiger partial charge in [-0.25, -0.2) is 0 Å². The van der Waals surface area contributed by atoms with Crippen molar-refractivity contribution in [2.24, 2.45) is 5.41 Å². The first-order chi connectivity index (χ1) is 9.64. The SMILES string of the molecule is CCCc1nnc(N2CC[C@]3(CCCN(C)C3=O)C2)o1. The minimum absolute atomic E-state index is 0.230. The fourth-order valence-electron chi connectivity index (χ4n) is 3.37. The molecule has 0 bridgehead atoms. The van der Waals surface area contributed by atoms with Gasteiger partial charge in [0.05, 0.1) is 5.41 Å². The number of hydrogen-bond donors (Lipinski definition) is 0. The summed E-state index contributed by atoms with van der Waals surface area (Å²) in [6.45, 7) is 4.50. The van der Waals surface area contributed by atoms with E-state index < -0.39 is 0 Å². The van der Waals surface area contributed by atoms with Crippen LogP contribution in [0, 0.1) is 5.41 Å². The van der Waals surface area contributed by atoms with Crippen LogP contribution in [-0.4, -0.2) is 47.7 Å². The Morgan fingerprint density at radius 2 is 2.15 bits per heavy atom. The lowest BCUT2D eigenvalue weighted by atomic mass is 9.78. The molecular formula is C14H22N4O2. The summed E-state index contributed by atoms with van der Waals surface area (Å²) in [7, 11) is 1.90. The lowest BCUT2D eigenvalue weighted by Crippen LogP contribution is -2.48. The van der Waals surface area contributed by atoms with E-state index in [0.717, 1.165) is 45.2 Å². The van der Waals surface area contributed by atoms with Gasteiger partial charge in [0.15, 0.2) is 0 Å². The average Bonchev–Trinajstić information content (AvgIpc) is 3.04. The molecule has 6 nitrogen and oxygen atoms in total. The third kappa shape index (κ3) is 2.17. The zero-order valence-electron chi connectivity index (χ0n) is 12.3. The molecule has 1 aromatic heterocycles. The molecule has 2 aliphatic heterocycles. The average molecular weight is 278 g/mol. The molecule has 0 aromatic carbocycles. The van der Waals surface area contributed by atoms with Crippen molar-refractivity contribution in [1.82, 2.24) is 15.1 Å². The van der Waals surface area contributed by atoms with Crippen LogP contribution >= 0.6 is 0 Å². The summed E-state index contributed by atoms with van der Waals surface area (Å²) < 4.78 is 5.68. The molecule has 1 amide bonds. The van der Waals surface area contributed by atoms with Gasteiger partial charge in [0.1, 0.15) is 0 Å². The van der Waals surface area contributed by atoms with E-state index >= 15 is 0 Å². The van der Waals surface area contributed by atoms with Gasteiger partial charge in [0.25, 0.3) is 0 Å². The van der Waals surface area contributed by atoms with Crippen LogP contribution in [0.4, 0.5) is 6.01 Å². The minimum atomic E-state index is -0.230. The number of amides is 1. The Morgan fingerprint density at radius 1 is 1.30 bits per heavy atom. The van der Waals surface area contributed by atoms with Gasteiger partial charge in [-0.1, -0.05) is 12.0 Å².